The zero-order valence-electron chi connectivity index (χ0n) is 18.1. The van der Waals surface area contributed by atoms with E-state index in [2.05, 4.69) is 21.4 Å². The number of fused-ring (bicyclic) bond motifs is 1. The number of allylic oxidation sites excluding steroid dienone is 2. The first-order valence-electron chi connectivity index (χ1n) is 10.7. The molecule has 1 aromatic rings. The Kier molecular flexibility index (Phi) is 7.35. The third-order valence-electron chi connectivity index (χ3n) is 5.62. The maximum Gasteiger partial charge on any atom is 0.416 e. The second-order valence-corrected chi connectivity index (χ2v) is 9.30. The van der Waals surface area contributed by atoms with Crippen LogP contribution < -0.4 is 11.1 Å². The Morgan fingerprint density at radius 1 is 1.30 bits per heavy atom. The van der Waals surface area contributed by atoms with Gasteiger partial charge in [0.25, 0.3) is 0 Å². The second kappa shape index (κ2) is 10.2. The van der Waals surface area contributed by atoms with Gasteiger partial charge in [-0.05, 0) is 36.6 Å². The van der Waals surface area contributed by atoms with Crippen molar-refractivity contribution in [3.63, 3.8) is 0 Å². The Morgan fingerprint density at radius 3 is 2.82 bits per heavy atom. The number of hydrogen-bond acceptors (Lipinski definition) is 6. The lowest BCUT2D eigenvalue weighted by Gasteiger charge is -2.24. The van der Waals surface area contributed by atoms with Crippen LogP contribution in [0.1, 0.15) is 17.5 Å². The smallest absolute Gasteiger partial charge is 0.383 e. The van der Waals surface area contributed by atoms with Crippen LogP contribution in [0.4, 0.5) is 13.2 Å². The molecule has 0 amide bonds. The molecule has 4 rings (SSSR count). The van der Waals surface area contributed by atoms with Gasteiger partial charge in [0.2, 0.25) is 0 Å². The summed E-state index contributed by atoms with van der Waals surface area (Å²) in [4.78, 5) is 13.7. The van der Waals surface area contributed by atoms with Gasteiger partial charge in [-0.15, -0.1) is 0 Å². The minimum Gasteiger partial charge on any atom is -0.383 e. The molecule has 1 saturated heterocycles. The van der Waals surface area contributed by atoms with E-state index in [4.69, 9.17) is 15.5 Å². The van der Waals surface area contributed by atoms with Gasteiger partial charge in [0.15, 0.2) is 5.17 Å². The third-order valence-corrected chi connectivity index (χ3v) is 6.91. The van der Waals surface area contributed by atoms with Crippen LogP contribution in [0.5, 0.6) is 0 Å². The number of aliphatic imine (C=N–C) groups is 3. The number of methoxy groups -OCH3 is 1. The zero-order valence-corrected chi connectivity index (χ0v) is 18.9. The number of amidine groups is 1. The van der Waals surface area contributed by atoms with Crippen molar-refractivity contribution in [1.29, 1.82) is 0 Å². The molecule has 0 aromatic heterocycles. The van der Waals surface area contributed by atoms with E-state index >= 15 is 0 Å². The van der Waals surface area contributed by atoms with Crippen molar-refractivity contribution in [1.82, 2.24) is 5.32 Å². The summed E-state index contributed by atoms with van der Waals surface area (Å²) in [5.74, 6) is 0.232. The fourth-order valence-corrected chi connectivity index (χ4v) is 5.11. The standard InChI is InChI=1S/C23H26F3N5OS/c1-32-13-20-21(19-7-4-15-11-28-9-8-18(15)30-19)33-22(31-20)29-12-17(27)10-14-2-5-16(6-3-14)23(24,25)26/h2-3,5-9,11,15,17,20-21H,4,10,12-13,27H2,1H3,(H,29,31)/t15?,17-,20?,21?/m0/s1. The predicted molar refractivity (Wildman–Crippen MR) is 127 cm³/mol. The minimum atomic E-state index is -4.34. The number of ether oxygens (including phenoxy) is 1. The quantitative estimate of drug-likeness (QED) is 0.629. The van der Waals surface area contributed by atoms with E-state index in [-0.39, 0.29) is 23.3 Å². The largest absolute Gasteiger partial charge is 0.416 e. The van der Waals surface area contributed by atoms with E-state index in [1.165, 1.54) is 12.1 Å². The molecule has 0 radical (unpaired) electrons. The number of nitrogens with two attached hydrogens (primary N) is 1. The molecule has 4 atom stereocenters. The molecule has 3 unspecified atom stereocenters. The number of nitrogens with one attached hydrogen (secondary N) is 1. The fraction of sp³-hybridized carbons (Fsp3) is 0.435. The highest BCUT2D eigenvalue weighted by Crippen LogP contribution is 2.34. The molecule has 1 aromatic carbocycles. The zero-order chi connectivity index (χ0) is 23.4. The van der Waals surface area contributed by atoms with Crippen molar-refractivity contribution >= 4 is 28.9 Å². The van der Waals surface area contributed by atoms with Crippen LogP contribution in [0, 0.1) is 5.92 Å². The van der Waals surface area contributed by atoms with Crippen LogP contribution in [0.2, 0.25) is 0 Å². The first-order valence-corrected chi connectivity index (χ1v) is 11.6. The normalized spacial score (nSPS) is 26.6. The molecular formula is C23H26F3N5OS. The van der Waals surface area contributed by atoms with Crippen LogP contribution in [-0.2, 0) is 17.3 Å². The van der Waals surface area contributed by atoms with Gasteiger partial charge >= 0.3 is 6.18 Å². The first kappa shape index (κ1) is 23.7. The van der Waals surface area contributed by atoms with Gasteiger partial charge in [-0.25, -0.2) is 0 Å². The molecule has 10 heteroatoms. The molecule has 0 spiro atoms. The molecular weight excluding hydrogens is 451 g/mol. The van der Waals surface area contributed by atoms with Crippen LogP contribution in [0.3, 0.4) is 0 Å². The lowest BCUT2D eigenvalue weighted by atomic mass is 9.94. The predicted octanol–water partition coefficient (Wildman–Crippen LogP) is 3.59. The highest BCUT2D eigenvalue weighted by molar-refractivity contribution is 8.15. The Labute approximate surface area is 195 Å². The average Bonchev–Trinajstić information content (AvgIpc) is 3.20. The Bertz CT molecular complexity index is 1000. The molecule has 0 bridgehead atoms. The van der Waals surface area contributed by atoms with E-state index in [0.29, 0.717) is 19.6 Å². The van der Waals surface area contributed by atoms with Gasteiger partial charge in [-0.2, -0.15) is 13.2 Å². The number of hydrogen-bond donors (Lipinski definition) is 2. The van der Waals surface area contributed by atoms with Crippen molar-refractivity contribution in [2.24, 2.45) is 26.6 Å². The van der Waals surface area contributed by atoms with Gasteiger partial charge in [0.05, 0.1) is 41.4 Å². The number of thioether (sulfide) groups is 1. The maximum atomic E-state index is 12.7. The van der Waals surface area contributed by atoms with Crippen molar-refractivity contribution in [2.45, 2.75) is 36.4 Å². The summed E-state index contributed by atoms with van der Waals surface area (Å²) in [6.07, 6.45) is 4.75. The SMILES string of the molecule is COCC1NC(=NC[C@@H](N)Cc2ccc(C(F)(F)F)cc2)SC1C1=CCC2C=NC=CC2=N1. The number of rotatable bonds is 7. The van der Waals surface area contributed by atoms with E-state index in [0.717, 1.165) is 40.7 Å². The van der Waals surface area contributed by atoms with Crippen molar-refractivity contribution in [3.8, 4) is 0 Å². The minimum absolute atomic E-state index is 0.0262. The summed E-state index contributed by atoms with van der Waals surface area (Å²) in [6.45, 7) is 0.870. The van der Waals surface area contributed by atoms with Crippen molar-refractivity contribution in [3.05, 3.63) is 59.4 Å². The van der Waals surface area contributed by atoms with E-state index < -0.39 is 11.7 Å². The molecule has 0 aliphatic carbocycles. The van der Waals surface area contributed by atoms with E-state index in [1.807, 2.05) is 12.3 Å². The van der Waals surface area contributed by atoms with Crippen LogP contribution in [0.15, 0.2) is 63.3 Å². The van der Waals surface area contributed by atoms with Gasteiger partial charge in [0, 0.05) is 31.5 Å². The number of alkyl halides is 3. The summed E-state index contributed by atoms with van der Waals surface area (Å²) < 4.78 is 43.6. The maximum absolute atomic E-state index is 12.7. The number of halogens is 3. The van der Waals surface area contributed by atoms with Gasteiger partial charge < -0.3 is 15.8 Å². The van der Waals surface area contributed by atoms with Gasteiger partial charge in [0.1, 0.15) is 0 Å². The molecule has 0 saturated carbocycles. The topological polar surface area (TPSA) is 84.4 Å². The average molecular weight is 478 g/mol. The Hall–Kier alpha value is -2.43. The molecule has 1 fully saturated rings. The van der Waals surface area contributed by atoms with Gasteiger partial charge in [-0.1, -0.05) is 30.0 Å². The van der Waals surface area contributed by atoms with Crippen molar-refractivity contribution < 1.29 is 17.9 Å². The summed E-state index contributed by atoms with van der Waals surface area (Å²) in [5, 5.41) is 4.25. The molecule has 3 heterocycles. The van der Waals surface area contributed by atoms with Crippen LogP contribution in [0.25, 0.3) is 0 Å². The number of nitrogens with zero attached hydrogens (tertiary/aromatic N) is 3. The van der Waals surface area contributed by atoms with E-state index in [1.54, 1.807) is 25.1 Å². The second-order valence-electron chi connectivity index (χ2n) is 8.17. The Morgan fingerprint density at radius 2 is 2.09 bits per heavy atom. The summed E-state index contributed by atoms with van der Waals surface area (Å²) in [5.41, 5.74) is 8.31. The summed E-state index contributed by atoms with van der Waals surface area (Å²) in [7, 11) is 1.66. The summed E-state index contributed by atoms with van der Waals surface area (Å²) in [6, 6.07) is 4.82. The molecule has 6 nitrogen and oxygen atoms in total. The van der Waals surface area contributed by atoms with Gasteiger partial charge in [-0.3, -0.25) is 15.0 Å². The molecule has 3 aliphatic heterocycles. The molecule has 3 N–H and O–H groups in total. The highest BCUT2D eigenvalue weighted by Gasteiger charge is 2.36. The lowest BCUT2D eigenvalue weighted by Crippen LogP contribution is -2.37. The molecule has 33 heavy (non-hydrogen) atoms. The lowest BCUT2D eigenvalue weighted by molar-refractivity contribution is -0.137. The van der Waals surface area contributed by atoms with Crippen LogP contribution in [-0.4, -0.2) is 54.7 Å². The first-order chi connectivity index (χ1) is 15.8. The summed E-state index contributed by atoms with van der Waals surface area (Å²) >= 11 is 1.60. The third kappa shape index (κ3) is 5.93. The van der Waals surface area contributed by atoms with Crippen LogP contribution >= 0.6 is 11.8 Å². The molecule has 176 valence electrons. The monoisotopic (exact) mass is 477 g/mol. The highest BCUT2D eigenvalue weighted by atomic mass is 32.2. The molecule has 3 aliphatic rings. The Balaban J connectivity index is 1.37. The number of benzene rings is 1. The van der Waals surface area contributed by atoms with Crippen molar-refractivity contribution in [2.75, 3.05) is 20.3 Å². The van der Waals surface area contributed by atoms with E-state index in [9.17, 15) is 13.2 Å². The fourth-order valence-electron chi connectivity index (χ4n) is 3.92.